The average molecular weight is 264 g/mol. The molecule has 0 amide bonds. The van der Waals surface area contributed by atoms with Gasteiger partial charge in [0.1, 0.15) is 11.6 Å². The van der Waals surface area contributed by atoms with Crippen molar-refractivity contribution in [2.45, 2.75) is 26.4 Å². The molecule has 0 heterocycles. The smallest absolute Gasteiger partial charge is 0.144 e. The standard InChI is InChI=1S/C10H12BrF2N/c1-6(2)14-5-7-9(12)4-3-8(11)10(7)13/h3-4,6,14H,5H2,1-2H3. The third-order valence-corrected chi connectivity index (χ3v) is 2.44. The molecule has 14 heavy (non-hydrogen) atoms. The fourth-order valence-electron chi connectivity index (χ4n) is 1.04. The summed E-state index contributed by atoms with van der Waals surface area (Å²) in [6.45, 7) is 4.05. The maximum absolute atomic E-state index is 13.4. The van der Waals surface area contributed by atoms with Crippen LogP contribution in [0.1, 0.15) is 19.4 Å². The van der Waals surface area contributed by atoms with E-state index in [1.807, 2.05) is 13.8 Å². The monoisotopic (exact) mass is 263 g/mol. The average Bonchev–Trinajstić information content (AvgIpc) is 2.11. The molecule has 1 rings (SSSR count). The molecule has 0 aliphatic carbocycles. The molecule has 0 spiro atoms. The van der Waals surface area contributed by atoms with Crippen LogP contribution in [0.15, 0.2) is 16.6 Å². The normalized spacial score (nSPS) is 11.0. The number of hydrogen-bond acceptors (Lipinski definition) is 1. The summed E-state index contributed by atoms with van der Waals surface area (Å²) < 4.78 is 26.9. The van der Waals surface area contributed by atoms with Gasteiger partial charge in [-0.25, -0.2) is 8.78 Å². The van der Waals surface area contributed by atoms with Gasteiger partial charge in [-0.15, -0.1) is 0 Å². The second kappa shape index (κ2) is 4.84. The number of rotatable bonds is 3. The molecule has 0 unspecified atom stereocenters. The van der Waals surface area contributed by atoms with Crippen LogP contribution in [0.2, 0.25) is 0 Å². The lowest BCUT2D eigenvalue weighted by molar-refractivity contribution is 0.512. The van der Waals surface area contributed by atoms with Crippen molar-refractivity contribution in [1.29, 1.82) is 0 Å². The fourth-order valence-corrected chi connectivity index (χ4v) is 1.41. The van der Waals surface area contributed by atoms with E-state index in [0.717, 1.165) is 0 Å². The zero-order chi connectivity index (χ0) is 10.7. The van der Waals surface area contributed by atoms with Gasteiger partial charge in [0.2, 0.25) is 0 Å². The van der Waals surface area contributed by atoms with Crippen LogP contribution in [-0.2, 0) is 6.54 Å². The second-order valence-corrected chi connectivity index (χ2v) is 4.21. The lowest BCUT2D eigenvalue weighted by atomic mass is 10.2. The minimum absolute atomic E-state index is 0.0769. The van der Waals surface area contributed by atoms with Crippen LogP contribution in [0.4, 0.5) is 8.78 Å². The molecule has 1 aromatic carbocycles. The van der Waals surface area contributed by atoms with Gasteiger partial charge in [-0.1, -0.05) is 13.8 Å². The molecule has 0 saturated heterocycles. The zero-order valence-electron chi connectivity index (χ0n) is 8.07. The number of halogens is 3. The predicted molar refractivity (Wildman–Crippen MR) is 56.0 cm³/mol. The summed E-state index contributed by atoms with van der Waals surface area (Å²) in [6, 6.07) is 2.82. The minimum Gasteiger partial charge on any atom is -0.310 e. The third-order valence-electron chi connectivity index (χ3n) is 1.83. The Balaban J connectivity index is 2.89. The van der Waals surface area contributed by atoms with Gasteiger partial charge in [0.25, 0.3) is 0 Å². The van der Waals surface area contributed by atoms with Crippen LogP contribution in [0, 0.1) is 11.6 Å². The van der Waals surface area contributed by atoms with Crippen LogP contribution in [0.3, 0.4) is 0 Å². The van der Waals surface area contributed by atoms with Crippen molar-refractivity contribution in [3.63, 3.8) is 0 Å². The van der Waals surface area contributed by atoms with Crippen molar-refractivity contribution in [1.82, 2.24) is 5.32 Å². The quantitative estimate of drug-likeness (QED) is 0.826. The summed E-state index contributed by atoms with van der Waals surface area (Å²) in [5, 5.41) is 2.97. The second-order valence-electron chi connectivity index (χ2n) is 3.36. The van der Waals surface area contributed by atoms with E-state index in [4.69, 9.17) is 0 Å². The van der Waals surface area contributed by atoms with E-state index in [1.165, 1.54) is 12.1 Å². The van der Waals surface area contributed by atoms with Gasteiger partial charge < -0.3 is 5.32 Å². The first kappa shape index (κ1) is 11.6. The van der Waals surface area contributed by atoms with E-state index in [9.17, 15) is 8.78 Å². The predicted octanol–water partition coefficient (Wildman–Crippen LogP) is 3.23. The molecule has 0 aliphatic heterocycles. The Morgan fingerprint density at radius 1 is 1.36 bits per heavy atom. The van der Waals surface area contributed by atoms with Crippen LogP contribution in [-0.4, -0.2) is 6.04 Å². The fraction of sp³-hybridized carbons (Fsp3) is 0.400. The first-order valence-corrected chi connectivity index (χ1v) is 5.17. The Labute approximate surface area is 90.6 Å². The van der Waals surface area contributed by atoms with Gasteiger partial charge in [0.05, 0.1) is 4.47 Å². The van der Waals surface area contributed by atoms with E-state index in [1.54, 1.807) is 0 Å². The molecular weight excluding hydrogens is 252 g/mol. The van der Waals surface area contributed by atoms with Crippen molar-refractivity contribution in [2.75, 3.05) is 0 Å². The van der Waals surface area contributed by atoms with Crippen LogP contribution in [0.5, 0.6) is 0 Å². The van der Waals surface area contributed by atoms with Gasteiger partial charge in [0, 0.05) is 18.2 Å². The molecule has 78 valence electrons. The van der Waals surface area contributed by atoms with E-state index in [2.05, 4.69) is 21.2 Å². The van der Waals surface area contributed by atoms with Crippen molar-refractivity contribution >= 4 is 15.9 Å². The highest BCUT2D eigenvalue weighted by atomic mass is 79.9. The van der Waals surface area contributed by atoms with Crippen molar-refractivity contribution in [2.24, 2.45) is 0 Å². The molecule has 0 atom stereocenters. The van der Waals surface area contributed by atoms with Crippen LogP contribution < -0.4 is 5.32 Å². The molecule has 4 heteroatoms. The molecule has 0 saturated carbocycles. The molecule has 0 aliphatic rings. The van der Waals surface area contributed by atoms with E-state index in [0.29, 0.717) is 4.47 Å². The van der Waals surface area contributed by atoms with Gasteiger partial charge in [-0.3, -0.25) is 0 Å². The highest BCUT2D eigenvalue weighted by Crippen LogP contribution is 2.21. The Bertz CT molecular complexity index is 326. The SMILES string of the molecule is CC(C)NCc1c(F)ccc(Br)c1F. The third kappa shape index (κ3) is 2.75. The lowest BCUT2D eigenvalue weighted by Crippen LogP contribution is -2.23. The van der Waals surface area contributed by atoms with Gasteiger partial charge in [0.15, 0.2) is 0 Å². The summed E-state index contributed by atoms with van der Waals surface area (Å²) in [5.74, 6) is -1.04. The van der Waals surface area contributed by atoms with E-state index < -0.39 is 11.6 Å². The highest BCUT2D eigenvalue weighted by molar-refractivity contribution is 9.10. The molecule has 1 N–H and O–H groups in total. The molecule has 0 fully saturated rings. The van der Waals surface area contributed by atoms with Gasteiger partial charge in [-0.2, -0.15) is 0 Å². The summed E-state index contributed by atoms with van der Waals surface area (Å²) >= 11 is 3.02. The maximum Gasteiger partial charge on any atom is 0.144 e. The van der Waals surface area contributed by atoms with Crippen molar-refractivity contribution in [3.05, 3.63) is 33.8 Å². The van der Waals surface area contributed by atoms with Crippen LogP contribution in [0.25, 0.3) is 0 Å². The van der Waals surface area contributed by atoms with Gasteiger partial charge in [-0.05, 0) is 28.1 Å². The van der Waals surface area contributed by atoms with Crippen molar-refractivity contribution in [3.8, 4) is 0 Å². The Kier molecular flexibility index (Phi) is 4.01. The molecule has 1 nitrogen and oxygen atoms in total. The topological polar surface area (TPSA) is 12.0 Å². The Morgan fingerprint density at radius 2 is 2.00 bits per heavy atom. The molecule has 1 aromatic rings. The largest absolute Gasteiger partial charge is 0.310 e. The number of benzene rings is 1. The first-order chi connectivity index (χ1) is 6.52. The summed E-state index contributed by atoms with van der Waals surface area (Å²) in [7, 11) is 0. The molecule has 0 bridgehead atoms. The van der Waals surface area contributed by atoms with Crippen molar-refractivity contribution < 1.29 is 8.78 Å². The zero-order valence-corrected chi connectivity index (χ0v) is 9.66. The number of hydrogen-bond donors (Lipinski definition) is 1. The molecule has 0 radical (unpaired) electrons. The summed E-state index contributed by atoms with van der Waals surface area (Å²) in [4.78, 5) is 0. The first-order valence-electron chi connectivity index (χ1n) is 4.38. The Hall–Kier alpha value is -0.480. The minimum atomic E-state index is -0.529. The Morgan fingerprint density at radius 3 is 2.57 bits per heavy atom. The molecule has 0 aromatic heterocycles. The van der Waals surface area contributed by atoms with Crippen LogP contribution >= 0.6 is 15.9 Å². The van der Waals surface area contributed by atoms with Gasteiger partial charge >= 0.3 is 0 Å². The summed E-state index contributed by atoms with van der Waals surface area (Å²) in [6.07, 6.45) is 0. The molecular formula is C10H12BrF2N. The maximum atomic E-state index is 13.4. The highest BCUT2D eigenvalue weighted by Gasteiger charge is 2.11. The number of nitrogens with one attached hydrogen (secondary N) is 1. The van der Waals surface area contributed by atoms with E-state index in [-0.39, 0.29) is 18.2 Å². The lowest BCUT2D eigenvalue weighted by Gasteiger charge is -2.10. The van der Waals surface area contributed by atoms with E-state index >= 15 is 0 Å². The summed E-state index contributed by atoms with van der Waals surface area (Å²) in [5.41, 5.74) is 0.0769.